The van der Waals surface area contributed by atoms with E-state index in [1.165, 1.54) is 12.8 Å². The molecule has 1 atom stereocenters. The molecule has 0 fully saturated rings. The summed E-state index contributed by atoms with van der Waals surface area (Å²) < 4.78 is 5.58. The Morgan fingerprint density at radius 2 is 1.64 bits per heavy atom. The third-order valence-electron chi connectivity index (χ3n) is 2.17. The summed E-state index contributed by atoms with van der Waals surface area (Å²) in [6, 6.07) is 0. The Kier molecular flexibility index (Phi) is 6.43. The first-order valence-electron chi connectivity index (χ1n) is 5.89. The van der Waals surface area contributed by atoms with Gasteiger partial charge < -0.3 is 4.74 Å². The molecule has 0 saturated carbocycles. The summed E-state index contributed by atoms with van der Waals surface area (Å²) in [5.74, 6) is 1.44. The van der Waals surface area contributed by atoms with Crippen LogP contribution in [0.2, 0.25) is 0 Å². The number of rotatable bonds is 6. The van der Waals surface area contributed by atoms with E-state index in [4.69, 9.17) is 4.74 Å². The Morgan fingerprint density at radius 1 is 1.07 bits per heavy atom. The molecular formula is C13H28O. The summed E-state index contributed by atoms with van der Waals surface area (Å²) in [4.78, 5) is 0. The topological polar surface area (TPSA) is 9.23 Å². The third kappa shape index (κ3) is 10.0. The predicted octanol–water partition coefficient (Wildman–Crippen LogP) is 4.12. The summed E-state index contributed by atoms with van der Waals surface area (Å²) >= 11 is 0. The van der Waals surface area contributed by atoms with Gasteiger partial charge in [0.1, 0.15) is 0 Å². The molecule has 1 heteroatoms. The van der Waals surface area contributed by atoms with Gasteiger partial charge in [-0.1, -0.05) is 41.5 Å². The summed E-state index contributed by atoms with van der Waals surface area (Å²) in [6.07, 6.45) is 2.49. The van der Waals surface area contributed by atoms with Gasteiger partial charge >= 0.3 is 0 Å². The van der Waals surface area contributed by atoms with Gasteiger partial charge in [-0.05, 0) is 30.1 Å². The molecule has 0 aromatic rings. The lowest BCUT2D eigenvalue weighted by Gasteiger charge is -2.23. The van der Waals surface area contributed by atoms with Crippen molar-refractivity contribution in [3.8, 4) is 0 Å². The van der Waals surface area contributed by atoms with Crippen LogP contribution in [0.5, 0.6) is 0 Å². The maximum atomic E-state index is 5.58. The largest absolute Gasteiger partial charge is 0.381 e. The van der Waals surface area contributed by atoms with Gasteiger partial charge in [-0.2, -0.15) is 0 Å². The van der Waals surface area contributed by atoms with Gasteiger partial charge in [0.2, 0.25) is 0 Å². The number of ether oxygens (including phenoxy) is 1. The number of hydrogen-bond acceptors (Lipinski definition) is 1. The van der Waals surface area contributed by atoms with E-state index in [0.29, 0.717) is 11.3 Å². The Morgan fingerprint density at radius 3 is 2.07 bits per heavy atom. The summed E-state index contributed by atoms with van der Waals surface area (Å²) in [5.41, 5.74) is 0.456. The van der Waals surface area contributed by atoms with E-state index >= 15 is 0 Å². The molecule has 0 N–H and O–H groups in total. The van der Waals surface area contributed by atoms with Crippen LogP contribution in [-0.2, 0) is 4.74 Å². The molecule has 0 aliphatic carbocycles. The van der Waals surface area contributed by atoms with Crippen molar-refractivity contribution in [3.63, 3.8) is 0 Å². The van der Waals surface area contributed by atoms with Gasteiger partial charge in [-0.3, -0.25) is 0 Å². The van der Waals surface area contributed by atoms with E-state index in [1.807, 2.05) is 0 Å². The lowest BCUT2D eigenvalue weighted by Crippen LogP contribution is -2.13. The SMILES string of the molecule is CC(C)COCCC(C)CC(C)(C)C. The fourth-order valence-corrected chi connectivity index (χ4v) is 1.75. The molecule has 0 aromatic heterocycles. The van der Waals surface area contributed by atoms with Crippen LogP contribution in [0.15, 0.2) is 0 Å². The molecule has 1 nitrogen and oxygen atoms in total. The van der Waals surface area contributed by atoms with E-state index < -0.39 is 0 Å². The second-order valence-electron chi connectivity index (χ2n) is 6.13. The Balaban J connectivity index is 3.40. The molecule has 14 heavy (non-hydrogen) atoms. The van der Waals surface area contributed by atoms with Gasteiger partial charge in [0, 0.05) is 13.2 Å². The molecule has 0 spiro atoms. The minimum Gasteiger partial charge on any atom is -0.381 e. The Labute approximate surface area is 90.2 Å². The second kappa shape index (κ2) is 6.44. The van der Waals surface area contributed by atoms with Crippen LogP contribution >= 0.6 is 0 Å². The molecule has 0 radical (unpaired) electrons. The molecule has 0 rings (SSSR count). The van der Waals surface area contributed by atoms with Crippen molar-refractivity contribution in [2.75, 3.05) is 13.2 Å². The van der Waals surface area contributed by atoms with Crippen LogP contribution < -0.4 is 0 Å². The molecular weight excluding hydrogens is 172 g/mol. The smallest absolute Gasteiger partial charge is 0.0488 e. The molecule has 1 unspecified atom stereocenters. The van der Waals surface area contributed by atoms with E-state index in [-0.39, 0.29) is 0 Å². The van der Waals surface area contributed by atoms with Crippen LogP contribution in [0.25, 0.3) is 0 Å². The maximum absolute atomic E-state index is 5.58. The van der Waals surface area contributed by atoms with Crippen molar-refractivity contribution in [2.45, 2.75) is 54.4 Å². The van der Waals surface area contributed by atoms with Crippen molar-refractivity contribution in [2.24, 2.45) is 17.3 Å². The van der Waals surface area contributed by atoms with E-state index in [2.05, 4.69) is 41.5 Å². The van der Waals surface area contributed by atoms with Crippen molar-refractivity contribution >= 4 is 0 Å². The first-order chi connectivity index (χ1) is 6.31. The second-order valence-corrected chi connectivity index (χ2v) is 6.13. The summed E-state index contributed by atoms with van der Waals surface area (Å²) in [5, 5.41) is 0. The van der Waals surface area contributed by atoms with E-state index in [0.717, 1.165) is 19.1 Å². The zero-order chi connectivity index (χ0) is 11.2. The van der Waals surface area contributed by atoms with Crippen LogP contribution in [0.1, 0.15) is 54.4 Å². The average molecular weight is 200 g/mol. The highest BCUT2D eigenvalue weighted by molar-refractivity contribution is 4.66. The van der Waals surface area contributed by atoms with Crippen LogP contribution in [0.4, 0.5) is 0 Å². The van der Waals surface area contributed by atoms with E-state index in [1.54, 1.807) is 0 Å². The van der Waals surface area contributed by atoms with Gasteiger partial charge in [-0.15, -0.1) is 0 Å². The summed E-state index contributed by atoms with van der Waals surface area (Å²) in [6.45, 7) is 15.5. The van der Waals surface area contributed by atoms with Crippen LogP contribution in [0, 0.1) is 17.3 Å². The van der Waals surface area contributed by atoms with Crippen LogP contribution in [-0.4, -0.2) is 13.2 Å². The molecule has 0 saturated heterocycles. The fourth-order valence-electron chi connectivity index (χ4n) is 1.75. The Bertz CT molecular complexity index is 133. The molecule has 0 bridgehead atoms. The predicted molar refractivity (Wildman–Crippen MR) is 63.5 cm³/mol. The Hall–Kier alpha value is -0.0400. The monoisotopic (exact) mass is 200 g/mol. The van der Waals surface area contributed by atoms with Crippen molar-refractivity contribution < 1.29 is 4.74 Å². The highest BCUT2D eigenvalue weighted by Crippen LogP contribution is 2.25. The number of hydrogen-bond donors (Lipinski definition) is 0. The molecule has 0 amide bonds. The summed E-state index contributed by atoms with van der Waals surface area (Å²) in [7, 11) is 0. The minimum atomic E-state index is 0.456. The fraction of sp³-hybridized carbons (Fsp3) is 1.00. The lowest BCUT2D eigenvalue weighted by atomic mass is 9.84. The molecule has 0 aromatic carbocycles. The zero-order valence-electron chi connectivity index (χ0n) is 10.9. The van der Waals surface area contributed by atoms with Crippen molar-refractivity contribution in [1.82, 2.24) is 0 Å². The maximum Gasteiger partial charge on any atom is 0.0488 e. The molecule has 86 valence electrons. The van der Waals surface area contributed by atoms with Gasteiger partial charge in [-0.25, -0.2) is 0 Å². The normalized spacial score (nSPS) is 14.8. The highest BCUT2D eigenvalue weighted by atomic mass is 16.5. The van der Waals surface area contributed by atoms with E-state index in [9.17, 15) is 0 Å². The van der Waals surface area contributed by atoms with Gasteiger partial charge in [0.15, 0.2) is 0 Å². The lowest BCUT2D eigenvalue weighted by molar-refractivity contribution is 0.0946. The zero-order valence-corrected chi connectivity index (χ0v) is 10.9. The first-order valence-corrected chi connectivity index (χ1v) is 5.89. The molecule has 0 aliphatic rings. The van der Waals surface area contributed by atoms with Crippen LogP contribution in [0.3, 0.4) is 0 Å². The van der Waals surface area contributed by atoms with Crippen molar-refractivity contribution in [1.29, 1.82) is 0 Å². The third-order valence-corrected chi connectivity index (χ3v) is 2.17. The van der Waals surface area contributed by atoms with Gasteiger partial charge in [0.25, 0.3) is 0 Å². The highest BCUT2D eigenvalue weighted by Gasteiger charge is 2.14. The molecule has 0 heterocycles. The standard InChI is InChI=1S/C13H28O/c1-11(2)10-14-8-7-12(3)9-13(4,5)6/h11-12H,7-10H2,1-6H3. The van der Waals surface area contributed by atoms with Crippen molar-refractivity contribution in [3.05, 3.63) is 0 Å². The average Bonchev–Trinajstić information content (AvgIpc) is 1.94. The first kappa shape index (κ1) is 14.0. The quantitative estimate of drug-likeness (QED) is 0.586. The van der Waals surface area contributed by atoms with Gasteiger partial charge in [0.05, 0.1) is 0 Å². The minimum absolute atomic E-state index is 0.456. The molecule has 0 aliphatic heterocycles.